The van der Waals surface area contributed by atoms with Gasteiger partial charge in [0.1, 0.15) is 45.7 Å². The molecule has 6 rings (SSSR count). The van der Waals surface area contributed by atoms with E-state index >= 15 is 0 Å². The van der Waals surface area contributed by atoms with Crippen LogP contribution in [0.25, 0.3) is 0 Å². The van der Waals surface area contributed by atoms with Gasteiger partial charge in [-0.15, -0.1) is 0 Å². The molecule has 2 aromatic heterocycles. The van der Waals surface area contributed by atoms with Gasteiger partial charge in [-0.3, -0.25) is 0 Å². The summed E-state index contributed by atoms with van der Waals surface area (Å²) >= 11 is 0. The van der Waals surface area contributed by atoms with Gasteiger partial charge in [0.2, 0.25) is 20.0 Å². The van der Waals surface area contributed by atoms with Gasteiger partial charge in [0.05, 0.1) is 54.9 Å². The zero-order chi connectivity index (χ0) is 53.0. The molecule has 18 nitrogen and oxygen atoms in total. The van der Waals surface area contributed by atoms with Gasteiger partial charge in [-0.2, -0.15) is 8.61 Å². The molecule has 2 heterocycles. The van der Waals surface area contributed by atoms with Crippen LogP contribution in [0, 0.1) is 13.8 Å². The van der Waals surface area contributed by atoms with Gasteiger partial charge in [0.15, 0.2) is 11.6 Å². The topological polar surface area (TPSA) is 211 Å². The summed E-state index contributed by atoms with van der Waals surface area (Å²) in [6, 6.07) is 29.2. The van der Waals surface area contributed by atoms with Crippen molar-refractivity contribution in [1.29, 1.82) is 0 Å². The number of aryl methyl sites for hydroxylation is 2. The van der Waals surface area contributed by atoms with Crippen molar-refractivity contribution in [2.75, 3.05) is 62.0 Å². The maximum atomic E-state index is 14.1. The number of benzene rings is 4. The monoisotopic (exact) mass is 1040 g/mol. The van der Waals surface area contributed by atoms with Crippen molar-refractivity contribution in [3.05, 3.63) is 167 Å². The van der Waals surface area contributed by atoms with Crippen LogP contribution >= 0.6 is 0 Å². The molecular formula is C53H68N6O12S2. The summed E-state index contributed by atoms with van der Waals surface area (Å²) in [4.78, 5) is 17.3. The average Bonchev–Trinajstić information content (AvgIpc) is 3.41. The minimum atomic E-state index is -3.93. The third-order valence-electron chi connectivity index (χ3n) is 11.7. The molecule has 6 aromatic rings. The summed E-state index contributed by atoms with van der Waals surface area (Å²) in [5.74, 6) is 3.33. The molecule has 4 atom stereocenters. The van der Waals surface area contributed by atoms with Crippen LogP contribution in [0.5, 0.6) is 23.0 Å². The molecule has 0 aliphatic carbocycles. The number of aliphatic hydroxyl groups excluding tert-OH is 1. The normalized spacial score (nSPS) is 13.4. The third-order valence-corrected chi connectivity index (χ3v) is 16.0. The van der Waals surface area contributed by atoms with Crippen molar-refractivity contribution >= 4 is 20.0 Å². The molecule has 0 saturated heterocycles. The van der Waals surface area contributed by atoms with E-state index in [9.17, 15) is 21.9 Å². The number of nitrogens with zero attached hydrogens (tertiary/aromatic N) is 6. The average molecular weight is 1050 g/mol. The van der Waals surface area contributed by atoms with Crippen molar-refractivity contribution < 1.29 is 55.1 Å². The van der Waals surface area contributed by atoms with Gasteiger partial charge in [0.25, 0.3) is 0 Å². The van der Waals surface area contributed by atoms with E-state index in [1.165, 1.54) is 8.61 Å². The van der Waals surface area contributed by atoms with Crippen LogP contribution in [-0.4, -0.2) is 123 Å². The predicted octanol–water partition coefficient (Wildman–Crippen LogP) is 7.20. The highest BCUT2D eigenvalue weighted by atomic mass is 32.2. The number of hydrogen-bond donors (Lipinski definition) is 1. The van der Waals surface area contributed by atoms with Crippen LogP contribution in [0.1, 0.15) is 71.1 Å². The Balaban J connectivity index is 0.000000271. The molecule has 0 saturated carbocycles. The number of aliphatic hydroxyl groups is 1. The van der Waals surface area contributed by atoms with E-state index in [1.54, 1.807) is 98.4 Å². The number of sulfonamides is 2. The van der Waals surface area contributed by atoms with E-state index in [2.05, 4.69) is 19.9 Å². The number of aromatic nitrogens is 4. The summed E-state index contributed by atoms with van der Waals surface area (Å²) in [7, 11) is 0.0737. The van der Waals surface area contributed by atoms with Gasteiger partial charge < -0.3 is 38.3 Å². The molecule has 0 aliphatic rings. The lowest BCUT2D eigenvalue weighted by Gasteiger charge is -2.30. The van der Waals surface area contributed by atoms with Crippen LogP contribution in [0.2, 0.25) is 0 Å². The summed E-state index contributed by atoms with van der Waals surface area (Å²) < 4.78 is 96.9. The largest absolute Gasteiger partial charge is 0.497 e. The number of methoxy groups -OCH3 is 5. The highest BCUT2D eigenvalue weighted by molar-refractivity contribution is 7.90. The second-order valence-electron chi connectivity index (χ2n) is 17.0. The van der Waals surface area contributed by atoms with Crippen molar-refractivity contribution in [1.82, 2.24) is 28.5 Å². The molecule has 73 heavy (non-hydrogen) atoms. The smallest absolute Gasteiger partial charge is 0.220 e. The van der Waals surface area contributed by atoms with Crippen molar-refractivity contribution in [3.63, 3.8) is 0 Å². The SMILES string of the molecule is COCCO[C@H](c1ncc(C)cn1)[C@H](C)S(=O)(=O)N(Cc1ccc(OC)cc1)Cc1ccc(OC)cc1.COc1ccc(CN(Cc2ccc(OC)cc2)S(=O)(=O)[C@@H](C)[C@H](OCCO)c2ncc(C)cn2)cc1. The first-order chi connectivity index (χ1) is 35.1. The Morgan fingerprint density at radius 3 is 0.973 bits per heavy atom. The minimum Gasteiger partial charge on any atom is -0.497 e. The fourth-order valence-corrected chi connectivity index (χ4v) is 10.7. The van der Waals surface area contributed by atoms with Gasteiger partial charge in [-0.1, -0.05) is 48.5 Å². The minimum absolute atomic E-state index is 0.0429. The Hall–Kier alpha value is -6.10. The molecule has 0 radical (unpaired) electrons. The molecule has 0 fully saturated rings. The Morgan fingerprint density at radius 2 is 0.726 bits per heavy atom. The van der Waals surface area contributed by atoms with Gasteiger partial charge in [-0.05, 0) is 110 Å². The van der Waals surface area contributed by atoms with Crippen LogP contribution in [0.4, 0.5) is 0 Å². The zero-order valence-electron chi connectivity index (χ0n) is 43.0. The Labute approximate surface area is 430 Å². The van der Waals surface area contributed by atoms with Crippen LogP contribution < -0.4 is 18.9 Å². The maximum absolute atomic E-state index is 14.1. The van der Waals surface area contributed by atoms with E-state index in [-0.39, 0.29) is 51.8 Å². The first kappa shape index (κ1) is 57.8. The van der Waals surface area contributed by atoms with Crippen LogP contribution in [0.3, 0.4) is 0 Å². The Bertz CT molecular complexity index is 2680. The van der Waals surface area contributed by atoms with Gasteiger partial charge >= 0.3 is 0 Å². The van der Waals surface area contributed by atoms with Crippen LogP contribution in [-0.2, 0) is 60.4 Å². The van der Waals surface area contributed by atoms with Gasteiger partial charge in [0, 0.05) is 58.1 Å². The summed E-state index contributed by atoms with van der Waals surface area (Å²) in [6.45, 7) is 7.77. The van der Waals surface area contributed by atoms with E-state index in [0.717, 1.165) is 33.4 Å². The molecule has 0 bridgehead atoms. The molecule has 394 valence electrons. The van der Waals surface area contributed by atoms with E-state index in [4.69, 9.17) is 33.2 Å². The summed E-state index contributed by atoms with van der Waals surface area (Å²) in [5, 5.41) is 7.34. The predicted molar refractivity (Wildman–Crippen MR) is 277 cm³/mol. The lowest BCUT2D eigenvalue weighted by atomic mass is 10.2. The quantitative estimate of drug-likeness (QED) is 0.0506. The number of hydrogen-bond acceptors (Lipinski definition) is 16. The number of rotatable bonds is 27. The molecule has 4 aromatic carbocycles. The first-order valence-corrected chi connectivity index (χ1v) is 26.5. The number of ether oxygens (including phenoxy) is 7. The summed E-state index contributed by atoms with van der Waals surface area (Å²) in [6.07, 6.45) is 4.70. The Kier molecular flexibility index (Phi) is 22.5. The Morgan fingerprint density at radius 1 is 0.452 bits per heavy atom. The standard InChI is InChI=1S/C27H35N3O6S.C26H33N3O6S/c1-20-16-28-27(29-17-20)26(36-15-14-33-3)21(2)37(31,32)30(18-22-6-10-24(34-4)11-7-22)19-23-8-12-25(35-5)13-9-23;1-19-15-27-26(28-16-19)25(35-14-13-30)20(2)36(31,32)29(17-21-5-9-23(33-3)10-6-21)18-22-7-11-24(34-4)12-8-22/h6-13,16-17,21,26H,14-15,18-19H2,1-5H3;5-12,15-16,20,25,30H,13-14,17-18H2,1-4H3/t21-,26-;20-,25-/m00/s1. The van der Waals surface area contributed by atoms with E-state index in [1.807, 2.05) is 86.6 Å². The first-order valence-electron chi connectivity index (χ1n) is 23.5. The molecule has 0 spiro atoms. The third kappa shape index (κ3) is 16.7. The maximum Gasteiger partial charge on any atom is 0.220 e. The van der Waals surface area contributed by atoms with E-state index < -0.39 is 42.8 Å². The fraction of sp³-hybridized carbons (Fsp3) is 0.396. The lowest BCUT2D eigenvalue weighted by Crippen LogP contribution is -2.40. The highest BCUT2D eigenvalue weighted by Crippen LogP contribution is 2.31. The van der Waals surface area contributed by atoms with Crippen molar-refractivity contribution in [2.45, 2.75) is 76.6 Å². The molecule has 0 aliphatic heterocycles. The molecule has 20 heteroatoms. The van der Waals surface area contributed by atoms with Crippen LogP contribution in [0.15, 0.2) is 122 Å². The molecule has 0 unspecified atom stereocenters. The molecular weight excluding hydrogens is 977 g/mol. The highest BCUT2D eigenvalue weighted by Gasteiger charge is 2.39. The molecule has 0 amide bonds. The zero-order valence-corrected chi connectivity index (χ0v) is 44.6. The fourth-order valence-electron chi connectivity index (χ4n) is 7.37. The second kappa shape index (κ2) is 28.4. The second-order valence-corrected chi connectivity index (χ2v) is 21.5. The lowest BCUT2D eigenvalue weighted by molar-refractivity contribution is 0.0110. The van der Waals surface area contributed by atoms with E-state index in [0.29, 0.717) is 35.4 Å². The van der Waals surface area contributed by atoms with Crippen molar-refractivity contribution in [3.8, 4) is 23.0 Å². The molecule has 1 N–H and O–H groups in total. The van der Waals surface area contributed by atoms with Crippen molar-refractivity contribution in [2.24, 2.45) is 0 Å². The van der Waals surface area contributed by atoms with Gasteiger partial charge in [-0.25, -0.2) is 36.8 Å². The summed E-state index contributed by atoms with van der Waals surface area (Å²) in [5.41, 5.74) is 4.98.